The predicted octanol–water partition coefficient (Wildman–Crippen LogP) is -0.461. The first-order valence-corrected chi connectivity index (χ1v) is 10.9. The van der Waals surface area contributed by atoms with Crippen LogP contribution in [0.3, 0.4) is 0 Å². The molecule has 0 bridgehead atoms. The minimum atomic E-state index is -1.04. The largest absolute Gasteiger partial charge is 0.481 e. The zero-order valence-electron chi connectivity index (χ0n) is 19.9. The summed E-state index contributed by atoms with van der Waals surface area (Å²) >= 11 is 0. The molecule has 0 aliphatic rings. The number of carbonyl (C=O) groups is 4. The minimum Gasteiger partial charge on any atom is -0.481 e. The average molecular weight is 495 g/mol. The molecule has 14 heteroatoms. The van der Waals surface area contributed by atoms with Gasteiger partial charge in [-0.1, -0.05) is 26.7 Å². The molecule has 14 nitrogen and oxygen atoms in total. The summed E-state index contributed by atoms with van der Waals surface area (Å²) in [6.07, 6.45) is 4.18. The molecular formula is C20H42N6O8. The molecule has 0 saturated heterocycles. The number of carboxylic acid groups (broad SMARTS) is 4. The van der Waals surface area contributed by atoms with Crippen molar-refractivity contribution in [3.63, 3.8) is 0 Å². The van der Waals surface area contributed by atoms with Gasteiger partial charge in [0.05, 0.1) is 0 Å². The molecule has 0 aliphatic heterocycles. The summed E-state index contributed by atoms with van der Waals surface area (Å²) in [7, 11) is 0. The maximum Gasteiger partial charge on any atom is 0.320 e. The molecule has 14 N–H and O–H groups in total. The van der Waals surface area contributed by atoms with Crippen LogP contribution >= 0.6 is 0 Å². The quantitative estimate of drug-likeness (QED) is 0.0783. The van der Waals surface area contributed by atoms with Gasteiger partial charge >= 0.3 is 23.9 Å². The molecular weight excluding hydrogens is 452 g/mol. The van der Waals surface area contributed by atoms with E-state index < -0.39 is 42.0 Å². The SMILES string of the molecule is CC[C@@H](C)[C@@H](N)C(=O)O.N=C(N)NCCCC[C@@H](N)C(=O)O.NC(CCCCC(=O)O)C(=O)O. The summed E-state index contributed by atoms with van der Waals surface area (Å²) in [5, 5.41) is 42.8. The Bertz CT molecular complexity index is 620. The van der Waals surface area contributed by atoms with E-state index in [9.17, 15) is 19.2 Å². The Labute approximate surface area is 199 Å². The summed E-state index contributed by atoms with van der Waals surface area (Å²) in [5.41, 5.74) is 20.8. The fourth-order valence-electron chi connectivity index (χ4n) is 2.10. The normalized spacial score (nSPS) is 13.4. The monoisotopic (exact) mass is 494 g/mol. The zero-order valence-corrected chi connectivity index (χ0v) is 19.9. The van der Waals surface area contributed by atoms with Crippen molar-refractivity contribution in [2.75, 3.05) is 6.54 Å². The van der Waals surface area contributed by atoms with Crippen LogP contribution < -0.4 is 28.3 Å². The van der Waals surface area contributed by atoms with Crippen LogP contribution in [-0.2, 0) is 19.2 Å². The average Bonchev–Trinajstić information content (AvgIpc) is 2.75. The molecule has 0 aliphatic carbocycles. The highest BCUT2D eigenvalue weighted by atomic mass is 16.4. The van der Waals surface area contributed by atoms with Crippen molar-refractivity contribution in [1.29, 1.82) is 5.41 Å². The molecule has 0 heterocycles. The molecule has 0 spiro atoms. The number of hydrogen-bond donors (Lipinski definition) is 10. The van der Waals surface area contributed by atoms with Crippen molar-refractivity contribution in [1.82, 2.24) is 5.32 Å². The van der Waals surface area contributed by atoms with Crippen LogP contribution in [0, 0.1) is 11.3 Å². The number of unbranched alkanes of at least 4 members (excludes halogenated alkanes) is 2. The Morgan fingerprint density at radius 1 is 0.824 bits per heavy atom. The molecule has 34 heavy (non-hydrogen) atoms. The molecule has 0 aromatic rings. The Hall–Kier alpha value is -2.97. The van der Waals surface area contributed by atoms with Gasteiger partial charge in [-0.3, -0.25) is 24.6 Å². The molecule has 0 saturated carbocycles. The van der Waals surface area contributed by atoms with Crippen molar-refractivity contribution in [2.24, 2.45) is 28.9 Å². The number of nitrogens with one attached hydrogen (secondary N) is 2. The van der Waals surface area contributed by atoms with Crippen molar-refractivity contribution >= 4 is 29.8 Å². The molecule has 4 atom stereocenters. The van der Waals surface area contributed by atoms with Gasteiger partial charge in [0.15, 0.2) is 5.96 Å². The molecule has 0 rings (SSSR count). The van der Waals surface area contributed by atoms with E-state index in [1.54, 1.807) is 0 Å². The second-order valence-corrected chi connectivity index (χ2v) is 7.61. The van der Waals surface area contributed by atoms with Gasteiger partial charge in [-0.2, -0.15) is 0 Å². The van der Waals surface area contributed by atoms with E-state index in [0.717, 1.165) is 12.8 Å². The summed E-state index contributed by atoms with van der Waals surface area (Å²) in [4.78, 5) is 40.7. The van der Waals surface area contributed by atoms with E-state index >= 15 is 0 Å². The second-order valence-electron chi connectivity index (χ2n) is 7.61. The topological polar surface area (TPSA) is 289 Å². The van der Waals surface area contributed by atoms with Crippen molar-refractivity contribution < 1.29 is 39.6 Å². The lowest BCUT2D eigenvalue weighted by atomic mass is 10.0. The molecule has 0 radical (unpaired) electrons. The van der Waals surface area contributed by atoms with Crippen molar-refractivity contribution in [3.05, 3.63) is 0 Å². The van der Waals surface area contributed by atoms with Crippen molar-refractivity contribution in [3.8, 4) is 0 Å². The number of hydrogen-bond acceptors (Lipinski definition) is 8. The molecule has 0 aromatic heterocycles. The third-order valence-electron chi connectivity index (χ3n) is 4.59. The number of rotatable bonds is 15. The van der Waals surface area contributed by atoms with Gasteiger partial charge in [0, 0.05) is 13.0 Å². The van der Waals surface area contributed by atoms with Crippen LogP contribution in [0.25, 0.3) is 0 Å². The second kappa shape index (κ2) is 21.9. The lowest BCUT2D eigenvalue weighted by molar-refractivity contribution is -0.140. The van der Waals surface area contributed by atoms with E-state index in [0.29, 0.717) is 38.6 Å². The highest BCUT2D eigenvalue weighted by Crippen LogP contribution is 2.04. The summed E-state index contributed by atoms with van der Waals surface area (Å²) in [5.74, 6) is -3.78. The van der Waals surface area contributed by atoms with E-state index in [2.05, 4.69) is 5.32 Å². The Kier molecular flexibility index (Phi) is 22.9. The third-order valence-corrected chi connectivity index (χ3v) is 4.59. The van der Waals surface area contributed by atoms with Gasteiger partial charge < -0.3 is 48.7 Å². The third kappa shape index (κ3) is 25.3. The number of nitrogens with two attached hydrogens (primary N) is 4. The Balaban J connectivity index is -0.000000431. The van der Waals surface area contributed by atoms with Crippen molar-refractivity contribution in [2.45, 2.75) is 83.3 Å². The fourth-order valence-corrected chi connectivity index (χ4v) is 2.10. The van der Waals surface area contributed by atoms with Gasteiger partial charge in [-0.15, -0.1) is 0 Å². The van der Waals surface area contributed by atoms with Crippen LogP contribution in [0.2, 0.25) is 0 Å². The van der Waals surface area contributed by atoms with E-state index in [1.165, 1.54) is 0 Å². The lowest BCUT2D eigenvalue weighted by Crippen LogP contribution is -2.36. The standard InChI is InChI=1S/C7H16N4O2.C7H13NO4.C6H13NO2/c8-5(6(12)13)3-1-2-4-11-7(9)10;8-5(7(11)12)3-1-2-4-6(9)10;1-3-4(2)5(7)6(8)9/h5H,1-4,8H2,(H,12,13)(H4,9,10,11);5H,1-4,8H2,(H,9,10)(H,11,12);4-5H,3,7H2,1-2H3,(H,8,9)/t5-;;4-,5-/m1.1/s1. The van der Waals surface area contributed by atoms with E-state index in [1.807, 2.05) is 13.8 Å². The number of carboxylic acids is 4. The van der Waals surface area contributed by atoms with Crippen LogP contribution in [0.15, 0.2) is 0 Å². The first-order valence-electron chi connectivity index (χ1n) is 10.9. The molecule has 200 valence electrons. The van der Waals surface area contributed by atoms with Crippen LogP contribution in [0.1, 0.15) is 65.2 Å². The van der Waals surface area contributed by atoms with Crippen LogP contribution in [0.5, 0.6) is 0 Å². The first-order chi connectivity index (χ1) is 15.7. The van der Waals surface area contributed by atoms with Crippen LogP contribution in [-0.4, -0.2) is 74.9 Å². The lowest BCUT2D eigenvalue weighted by Gasteiger charge is -2.11. The van der Waals surface area contributed by atoms with Gasteiger partial charge in [-0.05, 0) is 38.0 Å². The molecule has 0 fully saturated rings. The van der Waals surface area contributed by atoms with Gasteiger partial charge in [0.25, 0.3) is 0 Å². The summed E-state index contributed by atoms with van der Waals surface area (Å²) in [6, 6.07) is -2.34. The van der Waals surface area contributed by atoms with E-state index in [-0.39, 0.29) is 18.3 Å². The predicted molar refractivity (Wildman–Crippen MR) is 126 cm³/mol. The smallest absolute Gasteiger partial charge is 0.320 e. The zero-order chi connectivity index (χ0) is 27.3. The minimum absolute atomic E-state index is 0.0671. The maximum atomic E-state index is 10.3. The molecule has 1 unspecified atom stereocenters. The first kappa shape index (κ1) is 35.6. The Morgan fingerprint density at radius 2 is 1.26 bits per heavy atom. The molecule has 0 aromatic carbocycles. The molecule has 0 amide bonds. The van der Waals surface area contributed by atoms with Gasteiger partial charge in [0.1, 0.15) is 18.1 Å². The van der Waals surface area contributed by atoms with Crippen LogP contribution in [0.4, 0.5) is 0 Å². The summed E-state index contributed by atoms with van der Waals surface area (Å²) in [6.45, 7) is 4.34. The number of aliphatic carboxylic acids is 4. The van der Waals surface area contributed by atoms with E-state index in [4.69, 9.17) is 48.8 Å². The highest BCUT2D eigenvalue weighted by molar-refractivity contribution is 5.74. The van der Waals surface area contributed by atoms with Gasteiger partial charge in [-0.25, -0.2) is 0 Å². The highest BCUT2D eigenvalue weighted by Gasteiger charge is 2.17. The Morgan fingerprint density at radius 3 is 1.56 bits per heavy atom. The van der Waals surface area contributed by atoms with Gasteiger partial charge in [0.2, 0.25) is 0 Å². The number of guanidine groups is 1. The fraction of sp³-hybridized carbons (Fsp3) is 0.750. The summed E-state index contributed by atoms with van der Waals surface area (Å²) < 4.78 is 0. The maximum absolute atomic E-state index is 10.3.